The molecule has 116 valence electrons. The second kappa shape index (κ2) is 7.28. The zero-order valence-electron chi connectivity index (χ0n) is 13.4. The van der Waals surface area contributed by atoms with E-state index in [1.54, 1.807) is 9.80 Å². The van der Waals surface area contributed by atoms with Crippen molar-refractivity contribution in [2.45, 2.75) is 32.6 Å². The number of quaternary nitrogens is 2. The van der Waals surface area contributed by atoms with Gasteiger partial charge in [-0.2, -0.15) is 0 Å². The SMILES string of the molecule is CC[NH+]1CC[NH+](CCCOc2ccc3c(c2)CCC3)CC1. The number of hydrogen-bond donors (Lipinski definition) is 2. The van der Waals surface area contributed by atoms with E-state index in [9.17, 15) is 0 Å². The molecular formula is C18H30N2O+2. The minimum absolute atomic E-state index is 0.868. The van der Waals surface area contributed by atoms with Gasteiger partial charge in [0.05, 0.1) is 19.7 Å². The van der Waals surface area contributed by atoms with Gasteiger partial charge < -0.3 is 14.5 Å². The minimum atomic E-state index is 0.868. The highest BCUT2D eigenvalue weighted by Gasteiger charge is 2.20. The predicted molar refractivity (Wildman–Crippen MR) is 85.4 cm³/mol. The monoisotopic (exact) mass is 290 g/mol. The number of hydrogen-bond acceptors (Lipinski definition) is 1. The third-order valence-corrected chi connectivity index (χ3v) is 5.18. The first-order valence-electron chi connectivity index (χ1n) is 8.77. The number of likely N-dealkylation sites (N-methyl/N-ethyl adjacent to an activating group) is 1. The zero-order chi connectivity index (χ0) is 14.5. The van der Waals surface area contributed by atoms with Crippen LogP contribution in [0, 0.1) is 0 Å². The molecule has 1 saturated heterocycles. The van der Waals surface area contributed by atoms with Crippen LogP contribution in [0.1, 0.15) is 30.9 Å². The van der Waals surface area contributed by atoms with E-state index < -0.39 is 0 Å². The lowest BCUT2D eigenvalue weighted by molar-refractivity contribution is -1.01. The van der Waals surface area contributed by atoms with Crippen LogP contribution in [0.5, 0.6) is 5.75 Å². The van der Waals surface area contributed by atoms with E-state index in [0.717, 1.165) is 12.4 Å². The van der Waals surface area contributed by atoms with Crippen molar-refractivity contribution in [3.8, 4) is 5.75 Å². The highest BCUT2D eigenvalue weighted by atomic mass is 16.5. The molecule has 1 aliphatic heterocycles. The van der Waals surface area contributed by atoms with Gasteiger partial charge in [0, 0.05) is 6.42 Å². The Balaban J connectivity index is 1.35. The van der Waals surface area contributed by atoms with Gasteiger partial charge in [0.2, 0.25) is 0 Å². The van der Waals surface area contributed by atoms with Crippen LogP contribution in [0.3, 0.4) is 0 Å². The number of aryl methyl sites for hydroxylation is 2. The van der Waals surface area contributed by atoms with E-state index in [0.29, 0.717) is 0 Å². The molecule has 0 aromatic heterocycles. The Labute approximate surface area is 128 Å². The van der Waals surface area contributed by atoms with Gasteiger partial charge >= 0.3 is 0 Å². The molecule has 0 saturated carbocycles. The fraction of sp³-hybridized carbons (Fsp3) is 0.667. The molecule has 0 spiro atoms. The minimum Gasteiger partial charge on any atom is -0.493 e. The second-order valence-corrected chi connectivity index (χ2v) is 6.59. The van der Waals surface area contributed by atoms with Crippen molar-refractivity contribution in [3.63, 3.8) is 0 Å². The first kappa shape index (κ1) is 14.9. The second-order valence-electron chi connectivity index (χ2n) is 6.59. The molecule has 0 atom stereocenters. The maximum absolute atomic E-state index is 5.95. The maximum atomic E-state index is 5.95. The predicted octanol–water partition coefficient (Wildman–Crippen LogP) is -0.252. The van der Waals surface area contributed by atoms with Gasteiger partial charge in [0.1, 0.15) is 31.9 Å². The summed E-state index contributed by atoms with van der Waals surface area (Å²) < 4.78 is 5.95. The van der Waals surface area contributed by atoms with Gasteiger partial charge in [-0.3, -0.25) is 0 Å². The van der Waals surface area contributed by atoms with E-state index in [2.05, 4.69) is 25.1 Å². The van der Waals surface area contributed by atoms with Crippen LogP contribution in [-0.2, 0) is 12.8 Å². The van der Waals surface area contributed by atoms with Crippen LogP contribution >= 0.6 is 0 Å². The Morgan fingerprint density at radius 1 is 1.00 bits per heavy atom. The van der Waals surface area contributed by atoms with Crippen LogP contribution < -0.4 is 14.5 Å². The number of ether oxygens (including phenoxy) is 1. The Morgan fingerprint density at radius 2 is 1.76 bits per heavy atom. The van der Waals surface area contributed by atoms with E-state index in [1.807, 2.05) is 0 Å². The normalized spacial score (nSPS) is 24.8. The summed E-state index contributed by atoms with van der Waals surface area (Å²) in [6, 6.07) is 6.68. The van der Waals surface area contributed by atoms with E-state index in [-0.39, 0.29) is 0 Å². The summed E-state index contributed by atoms with van der Waals surface area (Å²) in [6.45, 7) is 11.1. The number of benzene rings is 1. The first-order valence-corrected chi connectivity index (χ1v) is 8.77. The molecule has 0 unspecified atom stereocenters. The topological polar surface area (TPSA) is 18.1 Å². The average molecular weight is 290 g/mol. The molecule has 1 fully saturated rings. The lowest BCUT2D eigenvalue weighted by atomic mass is 10.1. The Bertz CT molecular complexity index is 453. The third-order valence-electron chi connectivity index (χ3n) is 5.18. The molecule has 3 rings (SSSR count). The molecule has 1 heterocycles. The lowest BCUT2D eigenvalue weighted by Crippen LogP contribution is -3.28. The largest absolute Gasteiger partial charge is 0.493 e. The van der Waals surface area contributed by atoms with Crippen molar-refractivity contribution in [2.24, 2.45) is 0 Å². The van der Waals surface area contributed by atoms with Crippen LogP contribution in [0.25, 0.3) is 0 Å². The summed E-state index contributed by atoms with van der Waals surface area (Å²) in [5, 5.41) is 0. The number of piperazine rings is 1. The molecule has 2 aliphatic rings. The molecule has 2 N–H and O–H groups in total. The molecule has 0 amide bonds. The zero-order valence-corrected chi connectivity index (χ0v) is 13.4. The van der Waals surface area contributed by atoms with Crippen LogP contribution in [0.4, 0.5) is 0 Å². The third kappa shape index (κ3) is 3.98. The van der Waals surface area contributed by atoms with E-state index >= 15 is 0 Å². The molecule has 1 aliphatic carbocycles. The molecule has 21 heavy (non-hydrogen) atoms. The average Bonchev–Trinajstić information content (AvgIpc) is 3.00. The van der Waals surface area contributed by atoms with Gasteiger partial charge in [-0.1, -0.05) is 6.07 Å². The molecule has 0 bridgehead atoms. The fourth-order valence-corrected chi connectivity index (χ4v) is 3.71. The van der Waals surface area contributed by atoms with Gasteiger partial charge in [0.25, 0.3) is 0 Å². The van der Waals surface area contributed by atoms with Gasteiger partial charge in [-0.05, 0) is 49.4 Å². The number of nitrogens with one attached hydrogen (secondary N) is 2. The Kier molecular flexibility index (Phi) is 5.15. The van der Waals surface area contributed by atoms with Gasteiger partial charge in [-0.15, -0.1) is 0 Å². The maximum Gasteiger partial charge on any atom is 0.127 e. The molecule has 3 nitrogen and oxygen atoms in total. The van der Waals surface area contributed by atoms with E-state index in [1.165, 1.54) is 76.1 Å². The van der Waals surface area contributed by atoms with Gasteiger partial charge in [-0.25, -0.2) is 0 Å². The fourth-order valence-electron chi connectivity index (χ4n) is 3.71. The molecule has 0 radical (unpaired) electrons. The van der Waals surface area contributed by atoms with Crippen molar-refractivity contribution in [1.82, 2.24) is 0 Å². The quantitative estimate of drug-likeness (QED) is 0.692. The van der Waals surface area contributed by atoms with Crippen LogP contribution in [0.15, 0.2) is 18.2 Å². The summed E-state index contributed by atoms with van der Waals surface area (Å²) in [5.41, 5.74) is 3.04. The smallest absolute Gasteiger partial charge is 0.127 e. The first-order chi connectivity index (χ1) is 10.3. The number of fused-ring (bicyclic) bond motifs is 1. The van der Waals surface area contributed by atoms with Crippen molar-refractivity contribution < 1.29 is 14.5 Å². The van der Waals surface area contributed by atoms with Crippen molar-refractivity contribution in [3.05, 3.63) is 29.3 Å². The lowest BCUT2D eigenvalue weighted by Gasteiger charge is -2.28. The summed E-state index contributed by atoms with van der Waals surface area (Å²) in [5.74, 6) is 1.07. The summed E-state index contributed by atoms with van der Waals surface area (Å²) >= 11 is 0. The van der Waals surface area contributed by atoms with Crippen molar-refractivity contribution >= 4 is 0 Å². The summed E-state index contributed by atoms with van der Waals surface area (Å²) in [7, 11) is 0. The highest BCUT2D eigenvalue weighted by Crippen LogP contribution is 2.25. The van der Waals surface area contributed by atoms with E-state index in [4.69, 9.17) is 4.74 Å². The van der Waals surface area contributed by atoms with Crippen molar-refractivity contribution in [1.29, 1.82) is 0 Å². The van der Waals surface area contributed by atoms with Crippen LogP contribution in [-0.4, -0.2) is 45.9 Å². The Hall–Kier alpha value is -1.06. The van der Waals surface area contributed by atoms with Crippen LogP contribution in [0.2, 0.25) is 0 Å². The molecular weight excluding hydrogens is 260 g/mol. The highest BCUT2D eigenvalue weighted by molar-refractivity contribution is 5.38. The molecule has 1 aromatic carbocycles. The summed E-state index contributed by atoms with van der Waals surface area (Å²) in [4.78, 5) is 3.54. The standard InChI is InChI=1S/C18H28N2O/c1-2-19-10-12-20(13-11-19)9-4-14-21-18-8-7-16-5-3-6-17(16)15-18/h7-8,15H,2-6,9-14H2,1H3/p+2. The Morgan fingerprint density at radius 3 is 2.57 bits per heavy atom. The summed E-state index contributed by atoms with van der Waals surface area (Å²) in [6.07, 6.45) is 4.98. The molecule has 3 heteroatoms. The van der Waals surface area contributed by atoms with Gasteiger partial charge in [0.15, 0.2) is 0 Å². The van der Waals surface area contributed by atoms with Crippen molar-refractivity contribution in [2.75, 3.05) is 45.9 Å². The molecule has 1 aromatic rings. The number of rotatable bonds is 6.